The molecule has 3 aliphatic heterocycles. The van der Waals surface area contributed by atoms with Gasteiger partial charge in [-0.05, 0) is 111 Å². The van der Waals surface area contributed by atoms with Gasteiger partial charge in [-0.25, -0.2) is 4.98 Å². The van der Waals surface area contributed by atoms with E-state index in [1.165, 1.54) is 4.90 Å². The van der Waals surface area contributed by atoms with E-state index in [0.717, 1.165) is 68.0 Å². The zero-order valence-electron chi connectivity index (χ0n) is 42.7. The van der Waals surface area contributed by atoms with Crippen LogP contribution in [0.2, 0.25) is 0 Å². The molecule has 3 aromatic carbocycles. The number of hydrogen-bond donors (Lipinski definition) is 6. The minimum atomic E-state index is -0.918. The molecule has 1 fully saturated rings. The molecular weight excluding hydrogens is 933 g/mol. The Bertz CT molecular complexity index is 2630. The molecule has 0 radical (unpaired) electrons. The standard InChI is InChI=1S/C55H72N8O8S/c1-31-25-35(29-71-34(4)43(23-24-46(57)65)60-52(68)45-26-40-13-10-12-38-21-22-42(56)53(69)63(45)48(38)40)15-16-36(31)11-8-9-14-47(66)61-50(55(5,6)7)54(70)62-28-41(64)27-44(62)51(67)59-32(2)37-17-19-39(20-18-37)49-33(3)58-30-72-49/h10,12-13,15-20,25,30,32,34,41-45,50,64H,8-9,11,14,21-24,26-29,56H2,1-7H3,(H2,57,65)(H,59,67)(H,60,68)(H,61,66)/t32-,34+,41+,42-,43-,44-,45-,50+/m0/s1. The lowest BCUT2D eigenvalue weighted by atomic mass is 9.85. The van der Waals surface area contributed by atoms with Crippen molar-refractivity contribution in [3.8, 4) is 10.4 Å². The molecule has 3 aliphatic rings. The van der Waals surface area contributed by atoms with Gasteiger partial charge in [0.2, 0.25) is 35.4 Å². The van der Waals surface area contributed by atoms with Crippen molar-refractivity contribution in [3.05, 3.63) is 105 Å². The van der Waals surface area contributed by atoms with Gasteiger partial charge in [0.15, 0.2) is 0 Å². The molecule has 4 heterocycles. The van der Waals surface area contributed by atoms with E-state index in [9.17, 15) is 33.9 Å². The summed E-state index contributed by atoms with van der Waals surface area (Å²) in [6.45, 7) is 13.6. The predicted octanol–water partition coefficient (Wildman–Crippen LogP) is 5.40. The number of ether oxygens (including phenoxy) is 1. The molecule has 0 spiro atoms. The van der Waals surface area contributed by atoms with Crippen LogP contribution in [-0.2, 0) is 59.4 Å². The van der Waals surface area contributed by atoms with Gasteiger partial charge in [0.25, 0.3) is 0 Å². The van der Waals surface area contributed by atoms with Crippen molar-refractivity contribution in [1.29, 1.82) is 0 Å². The highest BCUT2D eigenvalue weighted by molar-refractivity contribution is 7.13. The number of nitrogens with two attached hydrogens (primary N) is 2. The molecule has 4 aromatic rings. The number of aryl methyl sites for hydroxylation is 4. The highest BCUT2D eigenvalue weighted by Gasteiger charge is 2.46. The van der Waals surface area contributed by atoms with Crippen LogP contribution < -0.4 is 32.3 Å². The number of likely N-dealkylation sites (tertiary alicyclic amines) is 1. The van der Waals surface area contributed by atoms with Crippen molar-refractivity contribution >= 4 is 52.5 Å². The molecule has 1 saturated heterocycles. The second-order valence-corrected chi connectivity index (χ2v) is 21.8. The quantitative estimate of drug-likeness (QED) is 0.0617. The van der Waals surface area contributed by atoms with Gasteiger partial charge in [-0.3, -0.25) is 33.7 Å². The number of primary amides is 1. The lowest BCUT2D eigenvalue weighted by molar-refractivity contribution is -0.144. The predicted molar refractivity (Wildman–Crippen MR) is 277 cm³/mol. The average molecular weight is 1010 g/mol. The third kappa shape index (κ3) is 12.8. The molecule has 0 aliphatic carbocycles. The first-order valence-corrected chi connectivity index (χ1v) is 26.1. The summed E-state index contributed by atoms with van der Waals surface area (Å²) in [5.41, 5.74) is 21.7. The van der Waals surface area contributed by atoms with Gasteiger partial charge < -0.3 is 42.2 Å². The van der Waals surface area contributed by atoms with E-state index in [1.54, 1.807) is 16.2 Å². The van der Waals surface area contributed by atoms with Gasteiger partial charge in [0, 0.05) is 32.2 Å². The molecule has 0 saturated carbocycles. The number of benzene rings is 3. The molecule has 386 valence electrons. The number of aliphatic hydroxyl groups excluding tert-OH is 1. The summed E-state index contributed by atoms with van der Waals surface area (Å²) in [5, 5.41) is 19.8. The van der Waals surface area contributed by atoms with Gasteiger partial charge in [-0.15, -0.1) is 11.3 Å². The fourth-order valence-corrected chi connectivity index (χ4v) is 11.0. The van der Waals surface area contributed by atoms with Crippen molar-refractivity contribution in [2.75, 3.05) is 11.4 Å². The van der Waals surface area contributed by atoms with Crippen molar-refractivity contribution in [2.24, 2.45) is 16.9 Å². The summed E-state index contributed by atoms with van der Waals surface area (Å²) in [6, 6.07) is 15.7. The van der Waals surface area contributed by atoms with Crippen LogP contribution in [0.25, 0.3) is 10.4 Å². The van der Waals surface area contributed by atoms with E-state index in [-0.39, 0.29) is 68.5 Å². The zero-order chi connectivity index (χ0) is 52.0. The molecule has 8 N–H and O–H groups in total. The highest BCUT2D eigenvalue weighted by atomic mass is 32.1. The molecular formula is C55H72N8O8S. The van der Waals surface area contributed by atoms with E-state index in [4.69, 9.17) is 16.2 Å². The number of rotatable bonds is 20. The second kappa shape index (κ2) is 23.2. The number of thiazole rings is 1. The van der Waals surface area contributed by atoms with Crippen molar-refractivity contribution in [3.63, 3.8) is 0 Å². The molecule has 1 aromatic heterocycles. The van der Waals surface area contributed by atoms with Crippen molar-refractivity contribution in [2.45, 2.75) is 168 Å². The molecule has 16 nitrogen and oxygen atoms in total. The van der Waals surface area contributed by atoms with E-state index in [2.05, 4.69) is 27.0 Å². The molecule has 0 unspecified atom stereocenters. The third-order valence-corrected chi connectivity index (χ3v) is 15.4. The van der Waals surface area contributed by atoms with Gasteiger partial charge >= 0.3 is 0 Å². The van der Waals surface area contributed by atoms with E-state index in [0.29, 0.717) is 25.7 Å². The number of para-hydroxylation sites is 1. The number of aliphatic hydroxyl groups is 1. The van der Waals surface area contributed by atoms with Gasteiger partial charge in [0.05, 0.1) is 58.7 Å². The second-order valence-electron chi connectivity index (χ2n) is 21.0. The van der Waals surface area contributed by atoms with Crippen LogP contribution in [-0.4, -0.2) is 99.4 Å². The maximum atomic E-state index is 14.2. The summed E-state index contributed by atoms with van der Waals surface area (Å²) >= 11 is 1.57. The Morgan fingerprint density at radius 3 is 2.33 bits per heavy atom. The summed E-state index contributed by atoms with van der Waals surface area (Å²) in [7, 11) is 0. The first-order valence-electron chi connectivity index (χ1n) is 25.3. The van der Waals surface area contributed by atoms with Crippen molar-refractivity contribution in [1.82, 2.24) is 25.8 Å². The molecule has 72 heavy (non-hydrogen) atoms. The first kappa shape index (κ1) is 53.8. The Morgan fingerprint density at radius 1 is 0.931 bits per heavy atom. The Kier molecular flexibility index (Phi) is 17.4. The molecule has 17 heteroatoms. The number of anilines is 1. The van der Waals surface area contributed by atoms with Crippen molar-refractivity contribution < 1.29 is 38.6 Å². The van der Waals surface area contributed by atoms with Crippen LogP contribution >= 0.6 is 11.3 Å². The number of nitrogens with one attached hydrogen (secondary N) is 3. The minimum absolute atomic E-state index is 0.00806. The molecule has 7 rings (SSSR count). The topological polar surface area (TPSA) is 239 Å². The van der Waals surface area contributed by atoms with Crippen LogP contribution in [0.3, 0.4) is 0 Å². The lowest BCUT2D eigenvalue weighted by Crippen LogP contribution is -2.57. The minimum Gasteiger partial charge on any atom is -0.391 e. The zero-order valence-corrected chi connectivity index (χ0v) is 43.5. The van der Waals surface area contributed by atoms with Crippen LogP contribution in [0.15, 0.2) is 66.2 Å². The fourth-order valence-electron chi connectivity index (χ4n) is 10.2. The van der Waals surface area contributed by atoms with Crippen LogP contribution in [0, 0.1) is 19.3 Å². The molecule has 0 bridgehead atoms. The van der Waals surface area contributed by atoms with Gasteiger partial charge in [-0.2, -0.15) is 0 Å². The van der Waals surface area contributed by atoms with Gasteiger partial charge in [-0.1, -0.05) is 81.4 Å². The van der Waals surface area contributed by atoms with E-state index in [1.807, 2.05) is 109 Å². The summed E-state index contributed by atoms with van der Waals surface area (Å²) in [6.07, 6.45) is 2.79. The normalized spacial score (nSPS) is 20.3. The smallest absolute Gasteiger partial charge is 0.246 e. The number of carbonyl (C=O) groups excluding carboxylic acids is 6. The number of β-amino-alcohol motifs (C(OH)–C–C–N with tert-alkyl or cyclic N) is 1. The number of nitrogens with zero attached hydrogens (tertiary/aromatic N) is 3. The number of amides is 6. The maximum absolute atomic E-state index is 14.2. The molecule has 8 atom stereocenters. The summed E-state index contributed by atoms with van der Waals surface area (Å²) < 4.78 is 6.31. The largest absolute Gasteiger partial charge is 0.391 e. The lowest BCUT2D eigenvalue weighted by Gasteiger charge is -2.35. The number of unbranched alkanes of at least 4 members (excludes halogenated alkanes) is 1. The van der Waals surface area contributed by atoms with Crippen LogP contribution in [0.1, 0.15) is 125 Å². The number of aromatic nitrogens is 1. The number of hydrogen-bond acceptors (Lipinski definition) is 11. The SMILES string of the molecule is Cc1cc(CO[C@H](C)[C@H](CCC(N)=O)NC(=O)[C@@H]2Cc3cccc4c3N2C(=O)[C@@H](N)CC4)ccc1CCCCC(=O)N[C@H](C(=O)N1C[C@H](O)C[C@H]1C(=O)N[C@@H](C)c1ccc(-c2scnc2C)cc1)C(C)(C)C. The summed E-state index contributed by atoms with van der Waals surface area (Å²) in [4.78, 5) is 89.1. The Morgan fingerprint density at radius 2 is 1.65 bits per heavy atom. The van der Waals surface area contributed by atoms with Crippen LogP contribution in [0.4, 0.5) is 5.69 Å². The molecule has 6 amide bonds. The maximum Gasteiger partial charge on any atom is 0.246 e. The highest BCUT2D eigenvalue weighted by Crippen LogP contribution is 2.39. The average Bonchev–Trinajstić information content (AvgIpc) is 4.06. The van der Waals surface area contributed by atoms with Crippen LogP contribution in [0.5, 0.6) is 0 Å². The van der Waals surface area contributed by atoms with E-state index < -0.39 is 59.6 Å². The Labute approximate surface area is 427 Å². The Balaban J connectivity index is 0.883. The van der Waals surface area contributed by atoms with E-state index >= 15 is 0 Å². The monoisotopic (exact) mass is 1000 g/mol. The fraction of sp³-hybridized carbons (Fsp3) is 0.509. The first-order chi connectivity index (χ1) is 34.2. The summed E-state index contributed by atoms with van der Waals surface area (Å²) in [5.74, 6) is -2.13. The number of carbonyl (C=O) groups is 6. The van der Waals surface area contributed by atoms with Gasteiger partial charge in [0.1, 0.15) is 18.1 Å². The Hall–Kier alpha value is -6.01. The third-order valence-electron chi connectivity index (χ3n) is 14.4.